The average Bonchev–Trinajstić information content (AvgIpc) is 2.63. The van der Waals surface area contributed by atoms with E-state index in [1.165, 1.54) is 0 Å². The summed E-state index contributed by atoms with van der Waals surface area (Å²) in [5.41, 5.74) is 2.62. The third-order valence-electron chi connectivity index (χ3n) is 3.99. The van der Waals surface area contributed by atoms with Gasteiger partial charge >= 0.3 is 0 Å². The molecule has 0 aromatic heterocycles. The molecule has 0 radical (unpaired) electrons. The number of hydrogen-bond acceptors (Lipinski definition) is 3. The van der Waals surface area contributed by atoms with Crippen molar-refractivity contribution in [3.8, 4) is 11.5 Å². The third-order valence-corrected chi connectivity index (χ3v) is 3.99. The first-order valence-corrected chi connectivity index (χ1v) is 8.78. The molecule has 4 nitrogen and oxygen atoms in total. The predicted molar refractivity (Wildman–Crippen MR) is 100 cm³/mol. The fourth-order valence-corrected chi connectivity index (χ4v) is 2.58. The first-order chi connectivity index (χ1) is 12.1. The Hall–Kier alpha value is -2.49. The third kappa shape index (κ3) is 5.82. The standard InChI is InChI=1S/C21H27NO3/c1-4-5-6-12-22-21(23)17-10-11-20(24-3)18(14-17)15-25-19-9-7-8-16(2)13-19/h7-11,13-14H,4-6,12,15H2,1-3H3,(H,22,23). The van der Waals surface area contributed by atoms with Crippen molar-refractivity contribution in [1.29, 1.82) is 0 Å². The molecule has 2 aromatic rings. The van der Waals surface area contributed by atoms with Crippen LogP contribution in [0.5, 0.6) is 11.5 Å². The van der Waals surface area contributed by atoms with Crippen LogP contribution in [0.25, 0.3) is 0 Å². The molecule has 0 saturated heterocycles. The molecule has 0 bridgehead atoms. The zero-order valence-corrected chi connectivity index (χ0v) is 15.3. The van der Waals surface area contributed by atoms with Gasteiger partial charge in [0.2, 0.25) is 0 Å². The van der Waals surface area contributed by atoms with Crippen LogP contribution in [-0.2, 0) is 6.61 Å². The van der Waals surface area contributed by atoms with Crippen LogP contribution < -0.4 is 14.8 Å². The Morgan fingerprint density at radius 1 is 1.12 bits per heavy atom. The summed E-state index contributed by atoms with van der Waals surface area (Å²) in [6.07, 6.45) is 3.26. The highest BCUT2D eigenvalue weighted by Crippen LogP contribution is 2.22. The number of methoxy groups -OCH3 is 1. The lowest BCUT2D eigenvalue weighted by Crippen LogP contribution is -2.24. The quantitative estimate of drug-likeness (QED) is 0.683. The largest absolute Gasteiger partial charge is 0.496 e. The van der Waals surface area contributed by atoms with Crippen molar-refractivity contribution in [1.82, 2.24) is 5.32 Å². The zero-order chi connectivity index (χ0) is 18.1. The van der Waals surface area contributed by atoms with Crippen LogP contribution in [0.1, 0.15) is 47.7 Å². The summed E-state index contributed by atoms with van der Waals surface area (Å²) in [4.78, 5) is 12.3. The molecular formula is C21H27NO3. The lowest BCUT2D eigenvalue weighted by Gasteiger charge is -2.13. The highest BCUT2D eigenvalue weighted by molar-refractivity contribution is 5.94. The fourth-order valence-electron chi connectivity index (χ4n) is 2.58. The van der Waals surface area contributed by atoms with Gasteiger partial charge < -0.3 is 14.8 Å². The Bertz CT molecular complexity index is 697. The van der Waals surface area contributed by atoms with Crippen molar-refractivity contribution >= 4 is 5.91 Å². The number of carbonyl (C=O) groups excluding carboxylic acids is 1. The van der Waals surface area contributed by atoms with E-state index in [-0.39, 0.29) is 5.91 Å². The summed E-state index contributed by atoms with van der Waals surface area (Å²) < 4.78 is 11.2. The van der Waals surface area contributed by atoms with Crippen molar-refractivity contribution < 1.29 is 14.3 Å². The number of rotatable bonds is 9. The molecular weight excluding hydrogens is 314 g/mol. The first kappa shape index (κ1) is 18.8. The van der Waals surface area contributed by atoms with E-state index in [2.05, 4.69) is 12.2 Å². The number of unbranched alkanes of at least 4 members (excludes halogenated alkanes) is 2. The number of amides is 1. The van der Waals surface area contributed by atoms with Crippen LogP contribution >= 0.6 is 0 Å². The molecule has 0 aliphatic carbocycles. The van der Waals surface area contributed by atoms with Gasteiger partial charge in [-0.3, -0.25) is 4.79 Å². The maximum atomic E-state index is 12.3. The van der Waals surface area contributed by atoms with E-state index in [1.807, 2.05) is 43.3 Å². The van der Waals surface area contributed by atoms with E-state index in [9.17, 15) is 4.79 Å². The average molecular weight is 341 g/mol. The molecule has 0 spiro atoms. The Labute approximate surface area is 150 Å². The molecule has 0 heterocycles. The van der Waals surface area contributed by atoms with Crippen LogP contribution in [0.2, 0.25) is 0 Å². The highest BCUT2D eigenvalue weighted by Gasteiger charge is 2.11. The van der Waals surface area contributed by atoms with Gasteiger partial charge in [0, 0.05) is 17.7 Å². The van der Waals surface area contributed by atoms with Crippen LogP contribution in [0.4, 0.5) is 0 Å². The number of ether oxygens (including phenoxy) is 2. The molecule has 0 unspecified atom stereocenters. The van der Waals surface area contributed by atoms with Crippen molar-refractivity contribution in [3.05, 3.63) is 59.2 Å². The minimum Gasteiger partial charge on any atom is -0.496 e. The van der Waals surface area contributed by atoms with Gasteiger partial charge in [0.05, 0.1) is 7.11 Å². The van der Waals surface area contributed by atoms with E-state index in [0.717, 1.165) is 41.9 Å². The van der Waals surface area contributed by atoms with Crippen molar-refractivity contribution in [2.75, 3.05) is 13.7 Å². The summed E-state index contributed by atoms with van der Waals surface area (Å²) >= 11 is 0. The van der Waals surface area contributed by atoms with E-state index >= 15 is 0 Å². The van der Waals surface area contributed by atoms with Gasteiger partial charge in [-0.05, 0) is 49.2 Å². The van der Waals surface area contributed by atoms with E-state index in [1.54, 1.807) is 13.2 Å². The van der Waals surface area contributed by atoms with E-state index in [4.69, 9.17) is 9.47 Å². The summed E-state index contributed by atoms with van der Waals surface area (Å²) in [5.74, 6) is 1.46. The molecule has 0 atom stereocenters. The molecule has 1 N–H and O–H groups in total. The number of aryl methyl sites for hydroxylation is 1. The van der Waals surface area contributed by atoms with Gasteiger partial charge in [0.1, 0.15) is 18.1 Å². The molecule has 0 aliphatic rings. The van der Waals surface area contributed by atoms with Gasteiger partial charge in [-0.1, -0.05) is 31.9 Å². The molecule has 0 saturated carbocycles. The molecule has 2 rings (SSSR count). The minimum atomic E-state index is -0.0597. The van der Waals surface area contributed by atoms with Crippen molar-refractivity contribution in [2.45, 2.75) is 39.7 Å². The lowest BCUT2D eigenvalue weighted by atomic mass is 10.1. The number of hydrogen-bond donors (Lipinski definition) is 1. The normalized spacial score (nSPS) is 10.4. The van der Waals surface area contributed by atoms with Gasteiger partial charge in [0.15, 0.2) is 0 Å². The monoisotopic (exact) mass is 341 g/mol. The van der Waals surface area contributed by atoms with E-state index in [0.29, 0.717) is 18.7 Å². The maximum Gasteiger partial charge on any atom is 0.251 e. The van der Waals surface area contributed by atoms with Crippen molar-refractivity contribution in [2.24, 2.45) is 0 Å². The van der Waals surface area contributed by atoms with E-state index < -0.39 is 0 Å². The summed E-state index contributed by atoms with van der Waals surface area (Å²) in [6.45, 7) is 5.22. The van der Waals surface area contributed by atoms with Gasteiger partial charge in [-0.2, -0.15) is 0 Å². The second-order valence-corrected chi connectivity index (χ2v) is 6.09. The number of carbonyl (C=O) groups is 1. The first-order valence-electron chi connectivity index (χ1n) is 8.78. The smallest absolute Gasteiger partial charge is 0.251 e. The summed E-state index contributed by atoms with van der Waals surface area (Å²) in [6, 6.07) is 13.3. The molecule has 1 amide bonds. The second kappa shape index (κ2) is 9.72. The fraction of sp³-hybridized carbons (Fsp3) is 0.381. The Balaban J connectivity index is 2.04. The van der Waals surface area contributed by atoms with Crippen molar-refractivity contribution in [3.63, 3.8) is 0 Å². The van der Waals surface area contributed by atoms with Crippen LogP contribution in [-0.4, -0.2) is 19.6 Å². The summed E-state index contributed by atoms with van der Waals surface area (Å²) in [7, 11) is 1.62. The Kier molecular flexibility index (Phi) is 7.33. The molecule has 4 heteroatoms. The van der Waals surface area contributed by atoms with Gasteiger partial charge in [-0.25, -0.2) is 0 Å². The van der Waals surface area contributed by atoms with Crippen LogP contribution in [0.15, 0.2) is 42.5 Å². The van der Waals surface area contributed by atoms with Crippen LogP contribution in [0, 0.1) is 6.92 Å². The molecule has 2 aromatic carbocycles. The van der Waals surface area contributed by atoms with Crippen LogP contribution in [0.3, 0.4) is 0 Å². The maximum absolute atomic E-state index is 12.3. The predicted octanol–water partition coefficient (Wildman–Crippen LogP) is 4.50. The minimum absolute atomic E-state index is 0.0597. The summed E-state index contributed by atoms with van der Waals surface area (Å²) in [5, 5.41) is 2.96. The molecule has 0 aliphatic heterocycles. The SMILES string of the molecule is CCCCCNC(=O)c1ccc(OC)c(COc2cccc(C)c2)c1. The number of nitrogens with one attached hydrogen (secondary N) is 1. The Morgan fingerprint density at radius 2 is 1.96 bits per heavy atom. The zero-order valence-electron chi connectivity index (χ0n) is 15.3. The molecule has 134 valence electrons. The number of benzene rings is 2. The molecule has 25 heavy (non-hydrogen) atoms. The second-order valence-electron chi connectivity index (χ2n) is 6.09. The van der Waals surface area contributed by atoms with Gasteiger partial charge in [-0.15, -0.1) is 0 Å². The highest BCUT2D eigenvalue weighted by atomic mass is 16.5. The lowest BCUT2D eigenvalue weighted by molar-refractivity contribution is 0.0952. The topological polar surface area (TPSA) is 47.6 Å². The van der Waals surface area contributed by atoms with Gasteiger partial charge in [0.25, 0.3) is 5.91 Å². The molecule has 0 fully saturated rings. The Morgan fingerprint density at radius 3 is 2.68 bits per heavy atom.